The maximum Gasteiger partial charge on any atom is 0.186 e. The number of nitrogens with zero attached hydrogens (tertiary/aromatic N) is 4. The molecule has 0 bridgehead atoms. The summed E-state index contributed by atoms with van der Waals surface area (Å²) in [6.07, 6.45) is 0.492. The van der Waals surface area contributed by atoms with Gasteiger partial charge in [0.15, 0.2) is 5.69 Å². The number of rotatable bonds is 3. The summed E-state index contributed by atoms with van der Waals surface area (Å²) >= 11 is 5.82. The van der Waals surface area contributed by atoms with Crippen molar-refractivity contribution in [3.8, 4) is 11.8 Å². The molecule has 0 amide bonds. The van der Waals surface area contributed by atoms with Gasteiger partial charge in [-0.25, -0.2) is 9.07 Å². The first-order valence-corrected chi connectivity index (χ1v) is 6.91. The van der Waals surface area contributed by atoms with Crippen LogP contribution >= 0.6 is 11.6 Å². The maximum absolute atomic E-state index is 13.3. The first-order chi connectivity index (χ1) is 10.7. The van der Waals surface area contributed by atoms with Crippen molar-refractivity contribution in [3.63, 3.8) is 0 Å². The molecule has 2 aromatic carbocycles. The van der Waals surface area contributed by atoms with Gasteiger partial charge in [0.1, 0.15) is 11.9 Å². The van der Waals surface area contributed by atoms with Crippen LogP contribution < -0.4 is 0 Å². The number of aromatic nitrogens is 3. The zero-order valence-electron chi connectivity index (χ0n) is 11.4. The lowest BCUT2D eigenvalue weighted by molar-refractivity contribution is 0.627. The van der Waals surface area contributed by atoms with Gasteiger partial charge in [-0.15, -0.1) is 5.10 Å². The summed E-state index contributed by atoms with van der Waals surface area (Å²) in [4.78, 5) is 0. The summed E-state index contributed by atoms with van der Waals surface area (Å²) < 4.78 is 14.8. The quantitative estimate of drug-likeness (QED) is 0.743. The van der Waals surface area contributed by atoms with Gasteiger partial charge in [0, 0.05) is 6.42 Å². The number of halogens is 2. The zero-order valence-corrected chi connectivity index (χ0v) is 12.1. The normalized spacial score (nSPS) is 10.4. The zero-order chi connectivity index (χ0) is 15.5. The molecule has 0 saturated carbocycles. The smallest absolute Gasteiger partial charge is 0.186 e. The molecular weight excluding hydrogens is 303 g/mol. The van der Waals surface area contributed by atoms with Crippen molar-refractivity contribution in [2.24, 2.45) is 0 Å². The topological polar surface area (TPSA) is 54.5 Å². The Morgan fingerprint density at radius 2 is 1.95 bits per heavy atom. The van der Waals surface area contributed by atoms with Crippen molar-refractivity contribution >= 4 is 11.6 Å². The highest BCUT2D eigenvalue weighted by Crippen LogP contribution is 2.21. The van der Waals surface area contributed by atoms with Crippen LogP contribution in [0.4, 0.5) is 4.39 Å². The van der Waals surface area contributed by atoms with E-state index in [1.165, 1.54) is 16.8 Å². The average Bonchev–Trinajstić information content (AvgIpc) is 2.94. The predicted molar refractivity (Wildman–Crippen MR) is 80.3 cm³/mol. The van der Waals surface area contributed by atoms with E-state index < -0.39 is 5.82 Å². The minimum atomic E-state index is -0.504. The standard InChI is InChI=1S/C16H10ClFN4/c17-13-9-12(6-7-14(13)18)22-16(15(10-19)20-21-22)8-11-4-2-1-3-5-11/h1-7,9H,8H2. The molecule has 4 nitrogen and oxygen atoms in total. The SMILES string of the molecule is N#Cc1nnn(-c2ccc(F)c(Cl)c2)c1Cc1ccccc1. The molecule has 0 aliphatic heterocycles. The third kappa shape index (κ3) is 2.69. The minimum absolute atomic E-state index is 0.00262. The predicted octanol–water partition coefficient (Wildman–Crippen LogP) is 3.52. The van der Waals surface area contributed by atoms with Crippen LogP contribution in [0.2, 0.25) is 5.02 Å². The van der Waals surface area contributed by atoms with Crippen molar-refractivity contribution < 1.29 is 4.39 Å². The highest BCUT2D eigenvalue weighted by Gasteiger charge is 2.15. The molecule has 22 heavy (non-hydrogen) atoms. The van der Waals surface area contributed by atoms with Gasteiger partial charge in [0.2, 0.25) is 0 Å². The van der Waals surface area contributed by atoms with E-state index in [2.05, 4.69) is 10.3 Å². The molecule has 3 aromatic rings. The van der Waals surface area contributed by atoms with Crippen LogP contribution in [0.3, 0.4) is 0 Å². The Balaban J connectivity index is 2.07. The fourth-order valence-electron chi connectivity index (χ4n) is 2.16. The van der Waals surface area contributed by atoms with Crippen LogP contribution in [-0.2, 0) is 6.42 Å². The van der Waals surface area contributed by atoms with Gasteiger partial charge in [-0.2, -0.15) is 5.26 Å². The van der Waals surface area contributed by atoms with E-state index in [0.29, 0.717) is 17.8 Å². The summed E-state index contributed by atoms with van der Waals surface area (Å²) in [5.41, 5.74) is 2.46. The lowest BCUT2D eigenvalue weighted by Gasteiger charge is -2.07. The van der Waals surface area contributed by atoms with Crippen molar-refractivity contribution in [3.05, 3.63) is 76.3 Å². The molecule has 6 heteroatoms. The van der Waals surface area contributed by atoms with Crippen LogP contribution in [0.1, 0.15) is 17.0 Å². The fourth-order valence-corrected chi connectivity index (χ4v) is 2.34. The molecule has 108 valence electrons. The first-order valence-electron chi connectivity index (χ1n) is 6.53. The second kappa shape index (κ2) is 5.96. The molecule has 3 rings (SSSR count). The van der Waals surface area contributed by atoms with Gasteiger partial charge in [0.05, 0.1) is 16.4 Å². The maximum atomic E-state index is 13.3. The summed E-state index contributed by atoms with van der Waals surface area (Å²) in [5, 5.41) is 17.1. The van der Waals surface area contributed by atoms with E-state index in [1.807, 2.05) is 36.4 Å². The number of hydrogen-bond donors (Lipinski definition) is 0. The van der Waals surface area contributed by atoms with Crippen LogP contribution in [0.25, 0.3) is 5.69 Å². The molecule has 0 unspecified atom stereocenters. The Morgan fingerprint density at radius 3 is 2.64 bits per heavy atom. The lowest BCUT2D eigenvalue weighted by Crippen LogP contribution is -2.04. The number of nitriles is 1. The van der Waals surface area contributed by atoms with E-state index in [-0.39, 0.29) is 10.7 Å². The Morgan fingerprint density at radius 1 is 1.18 bits per heavy atom. The van der Waals surface area contributed by atoms with E-state index in [9.17, 15) is 9.65 Å². The Kier molecular flexibility index (Phi) is 3.86. The monoisotopic (exact) mass is 312 g/mol. The van der Waals surface area contributed by atoms with Gasteiger partial charge in [-0.05, 0) is 23.8 Å². The molecule has 0 aliphatic rings. The summed E-state index contributed by atoms with van der Waals surface area (Å²) in [5.74, 6) is -0.504. The highest BCUT2D eigenvalue weighted by molar-refractivity contribution is 6.30. The second-order valence-electron chi connectivity index (χ2n) is 4.67. The largest absolute Gasteiger partial charge is 0.216 e. The number of benzene rings is 2. The van der Waals surface area contributed by atoms with Gasteiger partial charge >= 0.3 is 0 Å². The second-order valence-corrected chi connectivity index (χ2v) is 5.08. The molecule has 0 radical (unpaired) electrons. The van der Waals surface area contributed by atoms with Crippen LogP contribution in [-0.4, -0.2) is 15.0 Å². The van der Waals surface area contributed by atoms with E-state index >= 15 is 0 Å². The Bertz CT molecular complexity index is 852. The summed E-state index contributed by atoms with van der Waals surface area (Å²) in [6.45, 7) is 0. The van der Waals surface area contributed by atoms with Crippen molar-refractivity contribution in [2.45, 2.75) is 6.42 Å². The molecule has 1 aromatic heterocycles. The third-order valence-corrected chi connectivity index (χ3v) is 3.52. The van der Waals surface area contributed by atoms with Crippen molar-refractivity contribution in [1.29, 1.82) is 5.26 Å². The van der Waals surface area contributed by atoms with Gasteiger partial charge < -0.3 is 0 Å². The Labute approximate surface area is 131 Å². The van der Waals surface area contributed by atoms with E-state index in [0.717, 1.165) is 5.56 Å². The van der Waals surface area contributed by atoms with Crippen LogP contribution in [0.5, 0.6) is 0 Å². The average molecular weight is 313 g/mol. The molecule has 1 heterocycles. The number of hydrogen-bond acceptors (Lipinski definition) is 3. The summed E-state index contributed by atoms with van der Waals surface area (Å²) in [6, 6.07) is 16.0. The fraction of sp³-hybridized carbons (Fsp3) is 0.0625. The molecule has 0 N–H and O–H groups in total. The third-order valence-electron chi connectivity index (χ3n) is 3.23. The minimum Gasteiger partial charge on any atom is -0.216 e. The van der Waals surface area contributed by atoms with Crippen molar-refractivity contribution in [2.75, 3.05) is 0 Å². The highest BCUT2D eigenvalue weighted by atomic mass is 35.5. The Hall–Kier alpha value is -2.71. The van der Waals surface area contributed by atoms with Crippen LogP contribution in [0.15, 0.2) is 48.5 Å². The molecule has 0 atom stereocenters. The lowest BCUT2D eigenvalue weighted by atomic mass is 10.1. The summed E-state index contributed by atoms with van der Waals surface area (Å²) in [7, 11) is 0. The van der Waals surface area contributed by atoms with Crippen molar-refractivity contribution in [1.82, 2.24) is 15.0 Å². The molecular formula is C16H10ClFN4. The first kappa shape index (κ1) is 14.2. The molecule has 0 fully saturated rings. The van der Waals surface area contributed by atoms with E-state index in [1.54, 1.807) is 6.07 Å². The van der Waals surface area contributed by atoms with Crippen LogP contribution in [0, 0.1) is 17.1 Å². The van der Waals surface area contributed by atoms with Gasteiger partial charge in [0.25, 0.3) is 0 Å². The van der Waals surface area contributed by atoms with Gasteiger partial charge in [-0.1, -0.05) is 47.1 Å². The van der Waals surface area contributed by atoms with E-state index in [4.69, 9.17) is 11.6 Å². The van der Waals surface area contributed by atoms with Gasteiger partial charge in [-0.3, -0.25) is 0 Å². The molecule has 0 saturated heterocycles. The molecule has 0 spiro atoms. The molecule has 0 aliphatic carbocycles.